The highest BCUT2D eigenvalue weighted by Crippen LogP contribution is 2.22. The minimum atomic E-state index is -0.548. The van der Waals surface area contributed by atoms with Gasteiger partial charge in [-0.05, 0) is 29.8 Å². The molecule has 6 nitrogen and oxygen atoms in total. The molecule has 1 fully saturated rings. The van der Waals surface area contributed by atoms with Crippen LogP contribution in [0.1, 0.15) is 15.9 Å². The van der Waals surface area contributed by atoms with Crippen LogP contribution >= 0.6 is 0 Å². The van der Waals surface area contributed by atoms with Gasteiger partial charge in [-0.1, -0.05) is 12.1 Å². The van der Waals surface area contributed by atoms with Crippen molar-refractivity contribution in [3.05, 3.63) is 65.7 Å². The summed E-state index contributed by atoms with van der Waals surface area (Å²) in [5.41, 5.74) is 1.81. The van der Waals surface area contributed by atoms with Gasteiger partial charge in [0.1, 0.15) is 11.5 Å². The highest BCUT2D eigenvalue weighted by molar-refractivity contribution is 6.44. The Kier molecular flexibility index (Phi) is 4.68. The van der Waals surface area contributed by atoms with Gasteiger partial charge in [-0.25, -0.2) is 9.37 Å². The van der Waals surface area contributed by atoms with Crippen molar-refractivity contribution in [2.24, 2.45) is 0 Å². The first-order chi connectivity index (χ1) is 13.1. The van der Waals surface area contributed by atoms with Crippen LogP contribution in [-0.2, 0) is 16.1 Å². The summed E-state index contributed by atoms with van der Waals surface area (Å²) in [6.07, 6.45) is 3.29. The van der Waals surface area contributed by atoms with E-state index in [1.54, 1.807) is 36.7 Å². The van der Waals surface area contributed by atoms with Crippen LogP contribution in [0.25, 0.3) is 11.0 Å². The summed E-state index contributed by atoms with van der Waals surface area (Å²) in [5, 5.41) is 0.631. The predicted octanol–water partition coefficient (Wildman–Crippen LogP) is 2.27. The summed E-state index contributed by atoms with van der Waals surface area (Å²) in [5.74, 6) is -1.38. The van der Waals surface area contributed by atoms with Gasteiger partial charge in [0.05, 0.1) is 18.8 Å². The molecule has 7 heteroatoms. The second-order valence-electron chi connectivity index (χ2n) is 6.41. The van der Waals surface area contributed by atoms with Crippen LogP contribution in [0, 0.1) is 5.82 Å². The Morgan fingerprint density at radius 3 is 2.59 bits per heavy atom. The van der Waals surface area contributed by atoms with Crippen molar-refractivity contribution in [1.82, 2.24) is 14.5 Å². The lowest BCUT2D eigenvalue weighted by Gasteiger charge is -2.25. The number of ketones is 1. The Balaban J connectivity index is 1.67. The highest BCUT2D eigenvalue weighted by atomic mass is 19.1. The molecular weight excluding hydrogens is 349 g/mol. The number of fused-ring (bicyclic) bond motifs is 1. The summed E-state index contributed by atoms with van der Waals surface area (Å²) in [4.78, 5) is 31.3. The summed E-state index contributed by atoms with van der Waals surface area (Å²) in [7, 11) is 0. The van der Waals surface area contributed by atoms with E-state index in [1.807, 2.05) is 4.57 Å². The van der Waals surface area contributed by atoms with Gasteiger partial charge in [0, 0.05) is 37.4 Å². The number of halogens is 1. The molecule has 1 amide bonds. The number of carbonyl (C=O) groups excluding carboxylic acids is 2. The summed E-state index contributed by atoms with van der Waals surface area (Å²) >= 11 is 0. The monoisotopic (exact) mass is 367 g/mol. The van der Waals surface area contributed by atoms with Gasteiger partial charge >= 0.3 is 0 Å². The van der Waals surface area contributed by atoms with Crippen molar-refractivity contribution < 1.29 is 18.7 Å². The van der Waals surface area contributed by atoms with Crippen LogP contribution in [-0.4, -0.2) is 52.4 Å². The van der Waals surface area contributed by atoms with Gasteiger partial charge < -0.3 is 14.2 Å². The molecule has 0 radical (unpaired) electrons. The molecule has 27 heavy (non-hydrogen) atoms. The summed E-state index contributed by atoms with van der Waals surface area (Å²) in [6.45, 7) is 2.13. The molecule has 2 aromatic heterocycles. The number of Topliss-reactive ketones (excluding diaryl/α,β-unsaturated/α-hetero) is 1. The molecule has 0 atom stereocenters. The Bertz CT molecular complexity index is 991. The van der Waals surface area contributed by atoms with Crippen LogP contribution in [0.3, 0.4) is 0 Å². The smallest absolute Gasteiger partial charge is 0.295 e. The molecule has 0 unspecified atom stereocenters. The second-order valence-corrected chi connectivity index (χ2v) is 6.41. The van der Waals surface area contributed by atoms with E-state index in [4.69, 9.17) is 4.74 Å². The molecule has 3 heterocycles. The SMILES string of the molecule is O=C(C(=O)N1CCOCC1)c1cn(Cc2ccc(F)cc2)c2ncccc12. The number of hydrogen-bond donors (Lipinski definition) is 0. The molecule has 0 saturated carbocycles. The fourth-order valence-corrected chi connectivity index (χ4v) is 3.24. The van der Waals surface area contributed by atoms with Crippen LogP contribution in [0.15, 0.2) is 48.8 Å². The summed E-state index contributed by atoms with van der Waals surface area (Å²) < 4.78 is 20.2. The Labute approximate surface area is 155 Å². The minimum absolute atomic E-state index is 0.304. The first-order valence-electron chi connectivity index (χ1n) is 8.73. The lowest BCUT2D eigenvalue weighted by Crippen LogP contribution is -2.44. The van der Waals surface area contributed by atoms with Crippen LogP contribution in [0.5, 0.6) is 0 Å². The van der Waals surface area contributed by atoms with Gasteiger partial charge in [0.2, 0.25) is 0 Å². The number of benzene rings is 1. The van der Waals surface area contributed by atoms with Crippen molar-refractivity contribution in [3.63, 3.8) is 0 Å². The third-order valence-corrected chi connectivity index (χ3v) is 4.64. The molecule has 0 bridgehead atoms. The van der Waals surface area contributed by atoms with E-state index in [1.165, 1.54) is 17.0 Å². The topological polar surface area (TPSA) is 64.4 Å². The molecule has 1 aliphatic rings. The van der Waals surface area contributed by atoms with Gasteiger partial charge in [-0.2, -0.15) is 0 Å². The van der Waals surface area contributed by atoms with Gasteiger partial charge in [-0.3, -0.25) is 9.59 Å². The zero-order valence-electron chi connectivity index (χ0n) is 14.6. The van der Waals surface area contributed by atoms with E-state index in [2.05, 4.69) is 4.98 Å². The zero-order chi connectivity index (χ0) is 18.8. The predicted molar refractivity (Wildman–Crippen MR) is 97.0 cm³/mol. The van der Waals surface area contributed by atoms with Crippen LogP contribution in [0.4, 0.5) is 4.39 Å². The molecule has 1 saturated heterocycles. The number of ether oxygens (including phenoxy) is 1. The molecule has 0 N–H and O–H groups in total. The van der Waals surface area contributed by atoms with E-state index in [0.717, 1.165) is 5.56 Å². The molecule has 3 aromatic rings. The fourth-order valence-electron chi connectivity index (χ4n) is 3.24. The van der Waals surface area contributed by atoms with Crippen molar-refractivity contribution in [1.29, 1.82) is 0 Å². The number of carbonyl (C=O) groups is 2. The number of morpholine rings is 1. The lowest BCUT2D eigenvalue weighted by atomic mass is 10.1. The standard InChI is InChI=1S/C20H18FN3O3/c21-15-5-3-14(4-6-15)12-24-13-17(16-2-1-7-22-19(16)24)18(25)20(26)23-8-10-27-11-9-23/h1-7,13H,8-12H2. The Morgan fingerprint density at radius 1 is 1.11 bits per heavy atom. The van der Waals surface area contributed by atoms with Crippen molar-refractivity contribution >= 4 is 22.7 Å². The Hall–Kier alpha value is -3.06. The maximum absolute atomic E-state index is 13.1. The van der Waals surface area contributed by atoms with E-state index >= 15 is 0 Å². The second kappa shape index (κ2) is 7.28. The van der Waals surface area contributed by atoms with Gasteiger partial charge in [0.15, 0.2) is 0 Å². The maximum atomic E-state index is 13.1. The molecule has 1 aromatic carbocycles. The third kappa shape index (κ3) is 3.46. The van der Waals surface area contributed by atoms with Crippen molar-refractivity contribution in [3.8, 4) is 0 Å². The van der Waals surface area contributed by atoms with Crippen molar-refractivity contribution in [2.45, 2.75) is 6.54 Å². The summed E-state index contributed by atoms with van der Waals surface area (Å²) in [6, 6.07) is 9.67. The number of hydrogen-bond acceptors (Lipinski definition) is 4. The quantitative estimate of drug-likeness (QED) is 0.524. The van der Waals surface area contributed by atoms with Crippen molar-refractivity contribution in [2.75, 3.05) is 26.3 Å². The molecule has 1 aliphatic heterocycles. The number of amides is 1. The number of rotatable bonds is 4. The van der Waals surface area contributed by atoms with Crippen LogP contribution < -0.4 is 0 Å². The fraction of sp³-hybridized carbons (Fsp3) is 0.250. The van der Waals surface area contributed by atoms with E-state index in [-0.39, 0.29) is 5.82 Å². The number of aromatic nitrogens is 2. The Morgan fingerprint density at radius 2 is 1.85 bits per heavy atom. The minimum Gasteiger partial charge on any atom is -0.378 e. The lowest BCUT2D eigenvalue weighted by molar-refractivity contribution is -0.130. The van der Waals surface area contributed by atoms with Gasteiger partial charge in [0.25, 0.3) is 11.7 Å². The normalized spacial score (nSPS) is 14.5. The molecule has 0 aliphatic carbocycles. The molecule has 138 valence electrons. The molecule has 0 spiro atoms. The molecular formula is C20H18FN3O3. The highest BCUT2D eigenvalue weighted by Gasteiger charge is 2.27. The van der Waals surface area contributed by atoms with E-state index < -0.39 is 11.7 Å². The maximum Gasteiger partial charge on any atom is 0.295 e. The third-order valence-electron chi connectivity index (χ3n) is 4.64. The molecule has 4 rings (SSSR count). The first kappa shape index (κ1) is 17.4. The van der Waals surface area contributed by atoms with E-state index in [0.29, 0.717) is 49.4 Å². The van der Waals surface area contributed by atoms with Crippen LogP contribution in [0.2, 0.25) is 0 Å². The number of pyridine rings is 1. The number of nitrogens with zero attached hydrogens (tertiary/aromatic N) is 3. The zero-order valence-corrected chi connectivity index (χ0v) is 14.6. The largest absolute Gasteiger partial charge is 0.378 e. The average molecular weight is 367 g/mol. The average Bonchev–Trinajstić information content (AvgIpc) is 3.08. The van der Waals surface area contributed by atoms with Gasteiger partial charge in [-0.15, -0.1) is 0 Å². The first-order valence-corrected chi connectivity index (χ1v) is 8.73. The van der Waals surface area contributed by atoms with E-state index in [9.17, 15) is 14.0 Å².